The lowest BCUT2D eigenvalue weighted by Gasteiger charge is -2.08. The molecule has 1 N–H and O–H groups in total. The van der Waals surface area contributed by atoms with Gasteiger partial charge >= 0.3 is 0 Å². The number of rotatable bonds is 5. The van der Waals surface area contributed by atoms with Crippen LogP contribution in [-0.2, 0) is 13.0 Å². The van der Waals surface area contributed by atoms with Crippen molar-refractivity contribution in [3.05, 3.63) is 40.1 Å². The fourth-order valence-electron chi connectivity index (χ4n) is 1.68. The Morgan fingerprint density at radius 2 is 1.84 bits per heavy atom. The van der Waals surface area contributed by atoms with Crippen LogP contribution < -0.4 is 4.74 Å². The molecule has 2 aromatic rings. The highest BCUT2D eigenvalue weighted by atomic mass is 35.5. The van der Waals surface area contributed by atoms with E-state index in [2.05, 4.69) is 10.2 Å². The Kier molecular flexibility index (Phi) is 4.39. The zero-order valence-electron chi connectivity index (χ0n) is 10.8. The molecule has 0 aliphatic rings. The fourth-order valence-corrected chi connectivity index (χ4v) is 1.79. The zero-order valence-corrected chi connectivity index (χ0v) is 11.6. The predicted octanol–water partition coefficient (Wildman–Crippen LogP) is 2.45. The van der Waals surface area contributed by atoms with E-state index in [1.54, 1.807) is 0 Å². The van der Waals surface area contributed by atoms with E-state index < -0.39 is 0 Å². The largest absolute Gasteiger partial charge is 0.484 e. The Hall–Kier alpha value is -1.59. The summed E-state index contributed by atoms with van der Waals surface area (Å²) in [5.74, 6) is 1.50. The van der Waals surface area contributed by atoms with Gasteiger partial charge in [0.2, 0.25) is 5.89 Å². The van der Waals surface area contributed by atoms with Gasteiger partial charge in [-0.05, 0) is 37.1 Å². The van der Waals surface area contributed by atoms with Crippen LogP contribution in [0.25, 0.3) is 0 Å². The van der Waals surface area contributed by atoms with Gasteiger partial charge in [-0.15, -0.1) is 10.2 Å². The van der Waals surface area contributed by atoms with Crippen LogP contribution in [0.4, 0.5) is 0 Å². The smallest absolute Gasteiger partial charge is 0.253 e. The van der Waals surface area contributed by atoms with Gasteiger partial charge in [0.25, 0.3) is 5.89 Å². The molecule has 0 fully saturated rings. The maximum absolute atomic E-state index is 8.75. The van der Waals surface area contributed by atoms with E-state index in [0.29, 0.717) is 24.0 Å². The first-order valence-electron chi connectivity index (χ1n) is 5.92. The van der Waals surface area contributed by atoms with Crippen LogP contribution in [0.15, 0.2) is 16.5 Å². The lowest BCUT2D eigenvalue weighted by atomic mass is 10.1. The summed E-state index contributed by atoms with van der Waals surface area (Å²) in [6.45, 7) is 4.03. The minimum Gasteiger partial charge on any atom is -0.484 e. The molecule has 5 nitrogen and oxygen atoms in total. The zero-order chi connectivity index (χ0) is 13.8. The molecule has 19 heavy (non-hydrogen) atoms. The molecular weight excluding hydrogens is 268 g/mol. The topological polar surface area (TPSA) is 68.4 Å². The average molecular weight is 283 g/mol. The van der Waals surface area contributed by atoms with Gasteiger partial charge in [-0.2, -0.15) is 0 Å². The van der Waals surface area contributed by atoms with Crippen molar-refractivity contribution in [3.8, 4) is 5.75 Å². The number of nitrogens with zero attached hydrogens (tertiary/aromatic N) is 2. The molecule has 0 radical (unpaired) electrons. The van der Waals surface area contributed by atoms with Crippen LogP contribution in [0.2, 0.25) is 5.02 Å². The second kappa shape index (κ2) is 6.04. The molecule has 0 saturated heterocycles. The molecule has 1 heterocycles. The van der Waals surface area contributed by atoms with E-state index in [1.807, 2.05) is 26.0 Å². The standard InChI is InChI=1S/C13H15ClN2O3/c1-8-5-10(6-9(2)13(8)14)18-7-12-16-15-11(19-12)3-4-17/h5-6,17H,3-4,7H2,1-2H3. The minimum atomic E-state index is -0.0158. The van der Waals surface area contributed by atoms with Crippen LogP contribution in [0.5, 0.6) is 5.75 Å². The first-order chi connectivity index (χ1) is 9.10. The van der Waals surface area contributed by atoms with Crippen LogP contribution in [-0.4, -0.2) is 21.9 Å². The predicted molar refractivity (Wildman–Crippen MR) is 70.3 cm³/mol. The second-order valence-corrected chi connectivity index (χ2v) is 4.60. The average Bonchev–Trinajstić information content (AvgIpc) is 2.81. The van der Waals surface area contributed by atoms with Gasteiger partial charge in [-0.1, -0.05) is 11.6 Å². The lowest BCUT2D eigenvalue weighted by Crippen LogP contribution is -1.97. The fraction of sp³-hybridized carbons (Fsp3) is 0.385. The molecule has 0 unspecified atom stereocenters. The molecule has 0 atom stereocenters. The molecule has 1 aromatic carbocycles. The molecule has 0 amide bonds. The first-order valence-corrected chi connectivity index (χ1v) is 6.29. The van der Waals surface area contributed by atoms with Crippen molar-refractivity contribution >= 4 is 11.6 Å². The summed E-state index contributed by atoms with van der Waals surface area (Å²) < 4.78 is 10.9. The van der Waals surface area contributed by atoms with Gasteiger partial charge in [0.05, 0.1) is 6.61 Å². The van der Waals surface area contributed by atoms with E-state index in [4.69, 9.17) is 25.9 Å². The van der Waals surface area contributed by atoms with Crippen LogP contribution in [0, 0.1) is 13.8 Å². The highest BCUT2D eigenvalue weighted by molar-refractivity contribution is 6.32. The van der Waals surface area contributed by atoms with Crippen molar-refractivity contribution in [2.24, 2.45) is 0 Å². The molecule has 0 spiro atoms. The Morgan fingerprint density at radius 3 is 2.47 bits per heavy atom. The molecule has 0 bridgehead atoms. The second-order valence-electron chi connectivity index (χ2n) is 4.22. The van der Waals surface area contributed by atoms with Crippen molar-refractivity contribution in [1.29, 1.82) is 0 Å². The van der Waals surface area contributed by atoms with Crippen molar-refractivity contribution in [2.45, 2.75) is 26.9 Å². The Bertz CT molecular complexity index is 546. The number of hydrogen-bond donors (Lipinski definition) is 1. The van der Waals surface area contributed by atoms with Gasteiger partial charge in [-0.25, -0.2) is 0 Å². The summed E-state index contributed by atoms with van der Waals surface area (Å²) in [5, 5.41) is 17.1. The SMILES string of the molecule is Cc1cc(OCc2nnc(CCO)o2)cc(C)c1Cl. The van der Waals surface area contributed by atoms with E-state index in [1.165, 1.54) is 0 Å². The van der Waals surface area contributed by atoms with E-state index >= 15 is 0 Å². The third-order valence-electron chi connectivity index (χ3n) is 2.61. The summed E-state index contributed by atoms with van der Waals surface area (Å²) in [6.07, 6.45) is 0.353. The Morgan fingerprint density at radius 1 is 1.21 bits per heavy atom. The Balaban J connectivity index is 2.01. The number of hydrogen-bond acceptors (Lipinski definition) is 5. The molecular formula is C13H15ClN2O3. The molecule has 102 valence electrons. The first kappa shape index (κ1) is 13.8. The molecule has 0 aliphatic heterocycles. The van der Waals surface area contributed by atoms with Crippen LogP contribution in [0.1, 0.15) is 22.9 Å². The molecule has 1 aromatic heterocycles. The highest BCUT2D eigenvalue weighted by Crippen LogP contribution is 2.26. The number of aromatic nitrogens is 2. The number of aryl methyl sites for hydroxylation is 2. The van der Waals surface area contributed by atoms with Crippen molar-refractivity contribution in [2.75, 3.05) is 6.61 Å². The number of aliphatic hydroxyl groups is 1. The van der Waals surface area contributed by atoms with Crippen molar-refractivity contribution in [3.63, 3.8) is 0 Å². The molecule has 6 heteroatoms. The normalized spacial score (nSPS) is 10.7. The Labute approximate surface area is 116 Å². The quantitative estimate of drug-likeness (QED) is 0.912. The monoisotopic (exact) mass is 282 g/mol. The third-order valence-corrected chi connectivity index (χ3v) is 3.20. The maximum Gasteiger partial charge on any atom is 0.253 e. The number of ether oxygens (including phenoxy) is 1. The lowest BCUT2D eigenvalue weighted by molar-refractivity contribution is 0.249. The number of benzene rings is 1. The molecule has 0 saturated carbocycles. The van der Waals surface area contributed by atoms with Gasteiger partial charge in [0.1, 0.15) is 5.75 Å². The van der Waals surface area contributed by atoms with E-state index in [9.17, 15) is 0 Å². The van der Waals surface area contributed by atoms with E-state index in [-0.39, 0.29) is 13.2 Å². The summed E-state index contributed by atoms with van der Waals surface area (Å²) in [7, 11) is 0. The van der Waals surface area contributed by atoms with Gasteiger partial charge in [0.15, 0.2) is 6.61 Å². The molecule has 2 rings (SSSR count). The minimum absolute atomic E-state index is 0.0158. The summed E-state index contributed by atoms with van der Waals surface area (Å²) in [5.41, 5.74) is 1.92. The van der Waals surface area contributed by atoms with Crippen molar-refractivity contribution in [1.82, 2.24) is 10.2 Å². The van der Waals surface area contributed by atoms with Gasteiger partial charge < -0.3 is 14.3 Å². The van der Waals surface area contributed by atoms with Gasteiger partial charge in [0, 0.05) is 11.4 Å². The molecule has 0 aliphatic carbocycles. The summed E-state index contributed by atoms with van der Waals surface area (Å²) in [6, 6.07) is 3.72. The van der Waals surface area contributed by atoms with E-state index in [0.717, 1.165) is 16.1 Å². The summed E-state index contributed by atoms with van der Waals surface area (Å²) >= 11 is 6.08. The highest BCUT2D eigenvalue weighted by Gasteiger charge is 2.08. The maximum atomic E-state index is 8.75. The third kappa shape index (κ3) is 3.45. The van der Waals surface area contributed by atoms with Crippen LogP contribution in [0.3, 0.4) is 0 Å². The van der Waals surface area contributed by atoms with Gasteiger partial charge in [-0.3, -0.25) is 0 Å². The van der Waals surface area contributed by atoms with Crippen molar-refractivity contribution < 1.29 is 14.3 Å². The number of aliphatic hydroxyl groups excluding tert-OH is 1. The number of halogens is 1. The van der Waals surface area contributed by atoms with Crippen LogP contribution >= 0.6 is 11.6 Å². The summed E-state index contributed by atoms with van der Waals surface area (Å²) in [4.78, 5) is 0.